The Kier molecular flexibility index (Phi) is 8.25. The van der Waals surface area contributed by atoms with Gasteiger partial charge in [-0.15, -0.1) is 0 Å². The Balaban J connectivity index is 1.25. The van der Waals surface area contributed by atoms with Crippen molar-refractivity contribution in [3.63, 3.8) is 0 Å². The summed E-state index contributed by atoms with van der Waals surface area (Å²) in [4.78, 5) is 27.8. The molecule has 3 fully saturated rings. The summed E-state index contributed by atoms with van der Waals surface area (Å²) in [5.74, 6) is 0. The van der Waals surface area contributed by atoms with Crippen LogP contribution in [0.5, 0.6) is 6.01 Å². The van der Waals surface area contributed by atoms with Crippen LogP contribution < -0.4 is 15.0 Å². The van der Waals surface area contributed by atoms with Crippen LogP contribution in [-0.2, 0) is 17.7 Å². The predicted octanol–water partition coefficient (Wildman–Crippen LogP) is 3.75. The van der Waals surface area contributed by atoms with Crippen molar-refractivity contribution in [1.82, 2.24) is 34.9 Å². The van der Waals surface area contributed by atoms with Crippen LogP contribution in [0.25, 0.3) is 10.9 Å². The fraction of sp³-hybridized carbons (Fsp3) is 0.625. The van der Waals surface area contributed by atoms with Gasteiger partial charge in [0.2, 0.25) is 0 Å². The van der Waals surface area contributed by atoms with Gasteiger partial charge in [0.15, 0.2) is 6.23 Å². The van der Waals surface area contributed by atoms with Gasteiger partial charge in [0.25, 0.3) is 0 Å². The third kappa shape index (κ3) is 5.70. The molecule has 13 heteroatoms. The fourth-order valence-corrected chi connectivity index (χ4v) is 7.48. The molecular weight excluding hydrogens is 579 g/mol. The van der Waals surface area contributed by atoms with Crippen LogP contribution in [0.4, 0.5) is 14.9 Å². The highest BCUT2D eigenvalue weighted by Crippen LogP contribution is 2.39. The second-order valence-corrected chi connectivity index (χ2v) is 12.9. The number of amides is 1. The minimum Gasteiger partial charge on any atom is -0.465 e. The average molecular weight is 623 g/mol. The maximum atomic E-state index is 14.1. The molecule has 12 nitrogen and oxygen atoms in total. The Bertz CT molecular complexity index is 1580. The van der Waals surface area contributed by atoms with Crippen LogP contribution in [0.2, 0.25) is 0 Å². The van der Waals surface area contributed by atoms with Crippen LogP contribution in [0.15, 0.2) is 12.3 Å². The van der Waals surface area contributed by atoms with E-state index in [1.54, 1.807) is 0 Å². The number of halogens is 1. The van der Waals surface area contributed by atoms with Crippen molar-refractivity contribution in [1.29, 1.82) is 0 Å². The third-order valence-corrected chi connectivity index (χ3v) is 10.1. The van der Waals surface area contributed by atoms with Gasteiger partial charge >= 0.3 is 12.1 Å². The minimum absolute atomic E-state index is 0.0591. The molecule has 2 aromatic heterocycles. The number of nitrogens with one attached hydrogen (secondary N) is 1. The number of alkyl halides is 1. The number of aromatic nitrogens is 4. The molecule has 0 bridgehead atoms. The zero-order valence-electron chi connectivity index (χ0n) is 26.3. The first kappa shape index (κ1) is 30.1. The molecule has 1 aromatic carbocycles. The maximum absolute atomic E-state index is 14.1. The quantitative estimate of drug-likeness (QED) is 0.421. The lowest BCUT2D eigenvalue weighted by molar-refractivity contribution is -0.0366. The summed E-state index contributed by atoms with van der Waals surface area (Å²) in [5, 5.41) is 19.3. The van der Waals surface area contributed by atoms with E-state index in [1.807, 2.05) is 22.8 Å². The van der Waals surface area contributed by atoms with E-state index in [-0.39, 0.29) is 24.9 Å². The van der Waals surface area contributed by atoms with Crippen LogP contribution in [0.1, 0.15) is 66.0 Å². The van der Waals surface area contributed by atoms with Gasteiger partial charge in [-0.1, -0.05) is 0 Å². The maximum Gasteiger partial charge on any atom is 0.407 e. The molecule has 45 heavy (non-hydrogen) atoms. The summed E-state index contributed by atoms with van der Waals surface area (Å²) in [6.07, 6.45) is 4.28. The third-order valence-electron chi connectivity index (χ3n) is 10.1. The first-order chi connectivity index (χ1) is 21.8. The molecule has 0 saturated carbocycles. The molecule has 7 rings (SSSR count). The van der Waals surface area contributed by atoms with Gasteiger partial charge in [0.05, 0.1) is 41.4 Å². The molecule has 2 unspecified atom stereocenters. The second-order valence-electron chi connectivity index (χ2n) is 12.9. The van der Waals surface area contributed by atoms with Crippen molar-refractivity contribution in [2.45, 2.75) is 77.0 Å². The summed E-state index contributed by atoms with van der Waals surface area (Å²) in [5.41, 5.74) is 7.08. The summed E-state index contributed by atoms with van der Waals surface area (Å²) < 4.78 is 28.4. The smallest absolute Gasteiger partial charge is 0.407 e. The van der Waals surface area contributed by atoms with E-state index in [9.17, 15) is 14.3 Å². The van der Waals surface area contributed by atoms with E-state index in [1.165, 1.54) is 16.0 Å². The molecule has 2 N–H and O–H groups in total. The summed E-state index contributed by atoms with van der Waals surface area (Å²) >= 11 is 0. The van der Waals surface area contributed by atoms with Crippen molar-refractivity contribution in [3.05, 3.63) is 40.3 Å². The van der Waals surface area contributed by atoms with Gasteiger partial charge in [0.1, 0.15) is 12.8 Å². The second kappa shape index (κ2) is 12.3. The van der Waals surface area contributed by atoms with Crippen molar-refractivity contribution >= 4 is 22.7 Å². The predicted molar refractivity (Wildman–Crippen MR) is 167 cm³/mol. The first-order valence-electron chi connectivity index (χ1n) is 16.2. The van der Waals surface area contributed by atoms with Gasteiger partial charge in [-0.2, -0.15) is 15.1 Å². The van der Waals surface area contributed by atoms with Gasteiger partial charge in [-0.05, 0) is 70.2 Å². The number of carbonyl (C=O) groups is 1. The van der Waals surface area contributed by atoms with Crippen molar-refractivity contribution in [2.24, 2.45) is 0 Å². The Morgan fingerprint density at radius 1 is 1.24 bits per heavy atom. The van der Waals surface area contributed by atoms with Gasteiger partial charge in [-0.25, -0.2) is 13.9 Å². The minimum atomic E-state index is -0.966. The zero-order valence-corrected chi connectivity index (χ0v) is 26.3. The van der Waals surface area contributed by atoms with Gasteiger partial charge in [-0.3, -0.25) is 9.80 Å². The molecule has 0 spiro atoms. The molecule has 0 aliphatic carbocycles. The molecule has 1 amide bonds. The number of hydrogen-bond acceptors (Lipinski definition) is 9. The lowest BCUT2D eigenvalue weighted by atomic mass is 9.95. The number of likely N-dealkylation sites (tertiary alicyclic amines) is 1. The van der Waals surface area contributed by atoms with E-state index in [4.69, 9.17) is 24.5 Å². The fourth-order valence-electron chi connectivity index (χ4n) is 7.48. The molecule has 4 aliphatic heterocycles. The number of fused-ring (bicyclic) bond motifs is 2. The number of hydrogen-bond donors (Lipinski definition) is 2. The molecule has 4 aliphatic rings. The Labute approximate surface area is 262 Å². The first-order valence-corrected chi connectivity index (χ1v) is 16.2. The normalized spacial score (nSPS) is 26.0. The lowest BCUT2D eigenvalue weighted by Crippen LogP contribution is -2.49. The highest BCUT2D eigenvalue weighted by atomic mass is 19.1. The molecule has 0 radical (unpaired) electrons. The molecule has 3 saturated heterocycles. The van der Waals surface area contributed by atoms with Crippen molar-refractivity contribution in [2.75, 3.05) is 57.9 Å². The monoisotopic (exact) mass is 622 g/mol. The SMILES string of the molecule is Cc1cc2c(cnn2C2CCCCO2)c(N2CCc3c(nc(OC[C@@H]4C[C@@H](F)CN4C)nc3C3CNCCN3C(=O)O)C2)c1C. The Hall–Kier alpha value is -3.55. The highest BCUT2D eigenvalue weighted by molar-refractivity contribution is 5.95. The number of carboxylic acid groups (broad SMARTS) is 1. The van der Waals surface area contributed by atoms with E-state index < -0.39 is 18.3 Å². The van der Waals surface area contributed by atoms with E-state index in [0.29, 0.717) is 51.3 Å². The highest BCUT2D eigenvalue weighted by Gasteiger charge is 2.35. The van der Waals surface area contributed by atoms with E-state index >= 15 is 0 Å². The number of ether oxygens (including phenoxy) is 2. The number of rotatable bonds is 6. The zero-order chi connectivity index (χ0) is 31.2. The largest absolute Gasteiger partial charge is 0.465 e. The number of likely N-dealkylation sites (N-methyl/N-ethyl adjacent to an activating group) is 1. The van der Waals surface area contributed by atoms with Crippen LogP contribution in [-0.4, -0.2) is 106 Å². The number of aryl methyl sites for hydroxylation is 1. The van der Waals surface area contributed by atoms with Crippen molar-refractivity contribution < 1.29 is 23.8 Å². The number of benzene rings is 1. The standard InChI is InChI=1S/C32H43FN8O4/c1-19-12-26-24(14-35-41(26)28-6-4-5-11-44-28)30(20(19)2)39-9-7-23-25(17-39)36-31(45-18-22-13-21(33)16-38(22)3)37-29(23)27-15-34-8-10-40(27)32(42)43/h12,14,21-22,27-28,34H,4-11,13,15-18H2,1-3H3,(H,42,43)/t21-,22+,27?,28?/m1/s1. The van der Waals surface area contributed by atoms with Gasteiger partial charge < -0.3 is 24.8 Å². The van der Waals surface area contributed by atoms with Crippen LogP contribution in [0, 0.1) is 13.8 Å². The lowest BCUT2D eigenvalue weighted by Gasteiger charge is -2.37. The van der Waals surface area contributed by atoms with Crippen molar-refractivity contribution in [3.8, 4) is 6.01 Å². The number of piperazine rings is 1. The molecular formula is C32H43FN8O4. The van der Waals surface area contributed by atoms with Crippen LogP contribution in [0.3, 0.4) is 0 Å². The number of nitrogens with zero attached hydrogens (tertiary/aromatic N) is 7. The van der Waals surface area contributed by atoms with Crippen LogP contribution >= 0.6 is 0 Å². The summed E-state index contributed by atoms with van der Waals surface area (Å²) in [6, 6.07) is 1.90. The summed E-state index contributed by atoms with van der Waals surface area (Å²) in [7, 11) is 1.90. The van der Waals surface area contributed by atoms with E-state index in [0.717, 1.165) is 60.3 Å². The Morgan fingerprint density at radius 3 is 2.87 bits per heavy atom. The summed E-state index contributed by atoms with van der Waals surface area (Å²) in [6.45, 7) is 8.38. The average Bonchev–Trinajstić information content (AvgIpc) is 3.61. The number of anilines is 1. The van der Waals surface area contributed by atoms with E-state index in [2.05, 4.69) is 30.1 Å². The molecule has 3 aromatic rings. The van der Waals surface area contributed by atoms with Gasteiger partial charge in [0, 0.05) is 56.3 Å². The Morgan fingerprint density at radius 2 is 2.11 bits per heavy atom. The topological polar surface area (TPSA) is 121 Å². The molecule has 6 heterocycles. The molecule has 4 atom stereocenters. The molecule has 242 valence electrons.